The molecule has 0 bridgehead atoms. The summed E-state index contributed by atoms with van der Waals surface area (Å²) in [5.74, 6) is -1.07. The molecule has 1 unspecified atom stereocenters. The lowest BCUT2D eigenvalue weighted by molar-refractivity contribution is -0.148. The molecule has 0 aliphatic heterocycles. The third-order valence-electron chi connectivity index (χ3n) is 3.06. The van der Waals surface area contributed by atoms with Crippen molar-refractivity contribution < 1.29 is 19.1 Å². The van der Waals surface area contributed by atoms with Gasteiger partial charge in [-0.1, -0.05) is 5.57 Å². The zero-order valence-corrected chi connectivity index (χ0v) is 11.4. The first-order valence-corrected chi connectivity index (χ1v) is 6.57. The van der Waals surface area contributed by atoms with E-state index in [1.165, 1.54) is 0 Å². The SMILES string of the molecule is [C-]#[N+]C(C(=O)OCC)=C1CCCC(C(=O)OCC)C1. The van der Waals surface area contributed by atoms with Crippen LogP contribution in [0.25, 0.3) is 4.85 Å². The zero-order chi connectivity index (χ0) is 14.3. The lowest BCUT2D eigenvalue weighted by Crippen LogP contribution is -2.22. The molecule has 0 amide bonds. The quantitative estimate of drug-likeness (QED) is 0.445. The van der Waals surface area contributed by atoms with Gasteiger partial charge in [-0.25, -0.2) is 4.85 Å². The van der Waals surface area contributed by atoms with Crippen LogP contribution in [-0.4, -0.2) is 25.2 Å². The van der Waals surface area contributed by atoms with Crippen molar-refractivity contribution in [3.8, 4) is 0 Å². The molecule has 1 saturated carbocycles. The number of ether oxygens (including phenoxy) is 2. The van der Waals surface area contributed by atoms with Crippen molar-refractivity contribution in [3.05, 3.63) is 22.7 Å². The van der Waals surface area contributed by atoms with Crippen molar-refractivity contribution in [3.63, 3.8) is 0 Å². The molecule has 1 rings (SSSR count). The molecule has 1 aliphatic carbocycles. The highest BCUT2D eigenvalue weighted by atomic mass is 16.5. The third-order valence-corrected chi connectivity index (χ3v) is 3.06. The van der Waals surface area contributed by atoms with E-state index in [-0.39, 0.29) is 24.2 Å². The van der Waals surface area contributed by atoms with Crippen molar-refractivity contribution in [2.75, 3.05) is 13.2 Å². The molecule has 0 radical (unpaired) electrons. The van der Waals surface area contributed by atoms with Gasteiger partial charge in [-0.2, -0.15) is 0 Å². The van der Waals surface area contributed by atoms with Crippen LogP contribution in [0.3, 0.4) is 0 Å². The van der Waals surface area contributed by atoms with Crippen LogP contribution in [0, 0.1) is 12.5 Å². The maximum absolute atomic E-state index is 11.7. The number of hydrogen-bond donors (Lipinski definition) is 0. The van der Waals surface area contributed by atoms with Gasteiger partial charge < -0.3 is 9.47 Å². The number of carbonyl (C=O) groups is 2. The van der Waals surface area contributed by atoms with Crippen LogP contribution in [0.2, 0.25) is 0 Å². The Bertz CT molecular complexity index is 420. The fraction of sp³-hybridized carbons (Fsp3) is 0.643. The molecule has 1 aliphatic rings. The van der Waals surface area contributed by atoms with Gasteiger partial charge in [0.15, 0.2) is 0 Å². The van der Waals surface area contributed by atoms with Gasteiger partial charge in [-0.15, -0.1) is 0 Å². The molecule has 1 atom stereocenters. The number of rotatable bonds is 4. The summed E-state index contributed by atoms with van der Waals surface area (Å²) in [6, 6.07) is 0. The highest BCUT2D eigenvalue weighted by Gasteiger charge is 2.28. The molecule has 0 spiro atoms. The lowest BCUT2D eigenvalue weighted by Gasteiger charge is -2.23. The molecule has 1 fully saturated rings. The van der Waals surface area contributed by atoms with Crippen molar-refractivity contribution in [2.24, 2.45) is 5.92 Å². The first-order valence-electron chi connectivity index (χ1n) is 6.57. The summed E-state index contributed by atoms with van der Waals surface area (Å²) in [6.45, 7) is 11.2. The van der Waals surface area contributed by atoms with Gasteiger partial charge >= 0.3 is 11.9 Å². The molecule has 5 nitrogen and oxygen atoms in total. The number of carbonyl (C=O) groups excluding carboxylic acids is 2. The van der Waals surface area contributed by atoms with E-state index in [9.17, 15) is 9.59 Å². The fourth-order valence-electron chi connectivity index (χ4n) is 2.21. The number of allylic oxidation sites excluding steroid dienone is 1. The Labute approximate surface area is 113 Å². The topological polar surface area (TPSA) is 57.0 Å². The Hall–Kier alpha value is -1.83. The van der Waals surface area contributed by atoms with Crippen LogP contribution >= 0.6 is 0 Å². The summed E-state index contributed by atoms with van der Waals surface area (Å²) in [7, 11) is 0. The Morgan fingerprint density at radius 1 is 1.32 bits per heavy atom. The minimum atomic E-state index is -0.586. The number of esters is 2. The second-order valence-electron chi connectivity index (χ2n) is 4.33. The largest absolute Gasteiger partial charge is 0.471 e. The van der Waals surface area contributed by atoms with Crippen LogP contribution < -0.4 is 0 Å². The molecule has 0 aromatic rings. The monoisotopic (exact) mass is 265 g/mol. The van der Waals surface area contributed by atoms with E-state index in [0.717, 1.165) is 18.4 Å². The second kappa shape index (κ2) is 7.57. The van der Waals surface area contributed by atoms with E-state index < -0.39 is 5.97 Å². The summed E-state index contributed by atoms with van der Waals surface area (Å²) >= 11 is 0. The summed E-state index contributed by atoms with van der Waals surface area (Å²) in [6.07, 6.45) is 2.63. The number of hydrogen-bond acceptors (Lipinski definition) is 4. The lowest BCUT2D eigenvalue weighted by atomic mass is 9.84. The third kappa shape index (κ3) is 4.09. The van der Waals surface area contributed by atoms with Gasteiger partial charge in [0.2, 0.25) is 0 Å². The maximum atomic E-state index is 11.7. The summed E-state index contributed by atoms with van der Waals surface area (Å²) in [5, 5.41) is 0. The summed E-state index contributed by atoms with van der Waals surface area (Å²) in [4.78, 5) is 26.7. The molecular weight excluding hydrogens is 246 g/mol. The summed E-state index contributed by atoms with van der Waals surface area (Å²) < 4.78 is 9.86. The normalized spacial score (nSPS) is 21.2. The average molecular weight is 265 g/mol. The fourth-order valence-corrected chi connectivity index (χ4v) is 2.21. The molecule has 5 heteroatoms. The van der Waals surface area contributed by atoms with E-state index in [2.05, 4.69) is 4.85 Å². The van der Waals surface area contributed by atoms with E-state index in [4.69, 9.17) is 16.0 Å². The van der Waals surface area contributed by atoms with Crippen molar-refractivity contribution in [2.45, 2.75) is 39.5 Å². The van der Waals surface area contributed by atoms with Crippen molar-refractivity contribution in [1.82, 2.24) is 0 Å². The average Bonchev–Trinajstić information content (AvgIpc) is 2.40. The van der Waals surface area contributed by atoms with E-state index in [1.807, 2.05) is 0 Å². The molecule has 104 valence electrons. The van der Waals surface area contributed by atoms with Gasteiger partial charge in [-0.05, 0) is 39.5 Å². The molecular formula is C14H19NO4. The molecule has 19 heavy (non-hydrogen) atoms. The van der Waals surface area contributed by atoms with Crippen molar-refractivity contribution in [1.29, 1.82) is 0 Å². The highest BCUT2D eigenvalue weighted by molar-refractivity contribution is 5.91. The van der Waals surface area contributed by atoms with Gasteiger partial charge in [0, 0.05) is 0 Å². The predicted molar refractivity (Wildman–Crippen MR) is 68.9 cm³/mol. The van der Waals surface area contributed by atoms with E-state index >= 15 is 0 Å². The van der Waals surface area contributed by atoms with Crippen LogP contribution in [0.4, 0.5) is 0 Å². The van der Waals surface area contributed by atoms with Gasteiger partial charge in [0.25, 0.3) is 5.70 Å². The molecule has 0 N–H and O–H groups in total. The number of nitrogens with zero attached hydrogens (tertiary/aromatic N) is 1. The van der Waals surface area contributed by atoms with E-state index in [1.54, 1.807) is 13.8 Å². The Kier molecular flexibility index (Phi) is 6.07. The minimum absolute atomic E-state index is 0.0378. The smallest absolute Gasteiger partial charge is 0.336 e. The van der Waals surface area contributed by atoms with Gasteiger partial charge in [0.1, 0.15) is 0 Å². The van der Waals surface area contributed by atoms with Crippen LogP contribution in [0.5, 0.6) is 0 Å². The molecule has 0 heterocycles. The first kappa shape index (κ1) is 15.2. The minimum Gasteiger partial charge on any atom is -0.471 e. The Morgan fingerprint density at radius 2 is 2.00 bits per heavy atom. The van der Waals surface area contributed by atoms with Crippen LogP contribution in [0.15, 0.2) is 11.3 Å². The van der Waals surface area contributed by atoms with Gasteiger partial charge in [0.05, 0.1) is 25.7 Å². The Morgan fingerprint density at radius 3 is 2.58 bits per heavy atom. The molecule has 0 aromatic heterocycles. The van der Waals surface area contributed by atoms with Gasteiger partial charge in [-0.3, -0.25) is 9.59 Å². The first-order chi connectivity index (χ1) is 9.13. The molecule has 0 saturated heterocycles. The van der Waals surface area contributed by atoms with Crippen LogP contribution in [0.1, 0.15) is 39.5 Å². The Balaban J connectivity index is 2.84. The van der Waals surface area contributed by atoms with Crippen LogP contribution in [-0.2, 0) is 19.1 Å². The zero-order valence-electron chi connectivity index (χ0n) is 11.4. The van der Waals surface area contributed by atoms with E-state index in [0.29, 0.717) is 19.4 Å². The standard InChI is InChI=1S/C14H19NO4/c1-4-18-13(16)11-8-6-7-10(9-11)12(15-3)14(17)19-5-2/h11H,4-9H2,1-2H3. The maximum Gasteiger partial charge on any atom is 0.336 e. The predicted octanol–water partition coefficient (Wildman–Crippen LogP) is 2.48. The highest BCUT2D eigenvalue weighted by Crippen LogP contribution is 2.32. The summed E-state index contributed by atoms with van der Waals surface area (Å²) in [5.41, 5.74) is 0.758. The van der Waals surface area contributed by atoms with Crippen molar-refractivity contribution >= 4 is 11.9 Å². The second-order valence-corrected chi connectivity index (χ2v) is 4.33. The molecule has 0 aromatic carbocycles.